The lowest BCUT2D eigenvalue weighted by molar-refractivity contribution is 0.0597. The maximum Gasteiger partial charge on any atom is 0.253 e. The number of carbonyl (C=O) groups excluding carboxylic acids is 1. The van der Waals surface area contributed by atoms with Gasteiger partial charge in [0.25, 0.3) is 5.91 Å². The van der Waals surface area contributed by atoms with Crippen molar-refractivity contribution >= 4 is 33.2 Å². The van der Waals surface area contributed by atoms with E-state index in [1.165, 1.54) is 21.7 Å². The summed E-state index contributed by atoms with van der Waals surface area (Å²) in [5.74, 6) is -0.0502. The molecule has 0 unspecified atom stereocenters. The molecule has 0 spiro atoms. The second kappa shape index (κ2) is 12.3. The molecule has 1 amide bonds. The molecule has 0 aromatic heterocycles. The number of halogens is 1. The van der Waals surface area contributed by atoms with Crippen LogP contribution in [0.3, 0.4) is 0 Å². The Morgan fingerprint density at radius 2 is 1.30 bits per heavy atom. The number of anilines is 1. The van der Waals surface area contributed by atoms with Gasteiger partial charge in [0.2, 0.25) is 10.0 Å². The SMILES string of the molecule is CS(=O)(=O)N(Cc1ccc(Cl)cc1)c1ccc(C(=O)N2CCN(C(c3ccccc3)c3ccccc3)CC2)cc1. The summed E-state index contributed by atoms with van der Waals surface area (Å²) >= 11 is 5.98. The number of nitrogens with zero attached hydrogens (tertiary/aromatic N) is 3. The molecule has 1 aliphatic heterocycles. The third-order valence-electron chi connectivity index (χ3n) is 7.24. The van der Waals surface area contributed by atoms with Crippen LogP contribution in [-0.4, -0.2) is 56.6 Å². The zero-order valence-corrected chi connectivity index (χ0v) is 23.9. The fourth-order valence-electron chi connectivity index (χ4n) is 5.18. The van der Waals surface area contributed by atoms with Crippen LogP contribution in [0.25, 0.3) is 0 Å². The van der Waals surface area contributed by atoms with E-state index in [4.69, 9.17) is 11.6 Å². The van der Waals surface area contributed by atoms with Crippen molar-refractivity contribution in [3.05, 3.63) is 136 Å². The number of rotatable bonds is 8. The Bertz CT molecular complexity index is 1480. The van der Waals surface area contributed by atoms with Crippen LogP contribution >= 0.6 is 11.6 Å². The van der Waals surface area contributed by atoms with Gasteiger partial charge in [0.05, 0.1) is 24.5 Å². The molecule has 4 aromatic carbocycles. The molecule has 0 atom stereocenters. The largest absolute Gasteiger partial charge is 0.336 e. The van der Waals surface area contributed by atoms with E-state index in [1.807, 2.05) is 17.0 Å². The van der Waals surface area contributed by atoms with E-state index in [0.29, 0.717) is 29.4 Å². The maximum absolute atomic E-state index is 13.4. The number of hydrogen-bond acceptors (Lipinski definition) is 4. The maximum atomic E-state index is 13.4. The summed E-state index contributed by atoms with van der Waals surface area (Å²) in [5.41, 5.74) is 4.33. The smallest absolute Gasteiger partial charge is 0.253 e. The van der Waals surface area contributed by atoms with Gasteiger partial charge in [-0.1, -0.05) is 84.4 Å². The third-order valence-corrected chi connectivity index (χ3v) is 8.63. The van der Waals surface area contributed by atoms with Crippen molar-refractivity contribution in [1.29, 1.82) is 0 Å². The normalized spacial score (nSPS) is 14.3. The molecular weight excluding hydrogens is 542 g/mol. The van der Waals surface area contributed by atoms with Crippen LogP contribution in [0, 0.1) is 0 Å². The van der Waals surface area contributed by atoms with Crippen molar-refractivity contribution in [2.45, 2.75) is 12.6 Å². The lowest BCUT2D eigenvalue weighted by atomic mass is 9.96. The minimum Gasteiger partial charge on any atom is -0.336 e. The van der Waals surface area contributed by atoms with Crippen LogP contribution in [0.15, 0.2) is 109 Å². The van der Waals surface area contributed by atoms with Crippen molar-refractivity contribution in [2.24, 2.45) is 0 Å². The van der Waals surface area contributed by atoms with Crippen LogP contribution in [0.1, 0.15) is 33.1 Å². The van der Waals surface area contributed by atoms with Gasteiger partial charge in [-0.3, -0.25) is 14.0 Å². The molecule has 0 radical (unpaired) electrons. The van der Waals surface area contributed by atoms with E-state index in [-0.39, 0.29) is 18.5 Å². The Morgan fingerprint density at radius 3 is 1.80 bits per heavy atom. The number of benzene rings is 4. The first-order chi connectivity index (χ1) is 19.3. The summed E-state index contributed by atoms with van der Waals surface area (Å²) in [6.07, 6.45) is 1.18. The number of piperazine rings is 1. The number of carbonyl (C=O) groups is 1. The van der Waals surface area contributed by atoms with Crippen molar-refractivity contribution in [3.8, 4) is 0 Å². The molecule has 1 heterocycles. The summed E-state index contributed by atoms with van der Waals surface area (Å²) in [6, 6.07) is 35.0. The Hall–Kier alpha value is -3.65. The summed E-state index contributed by atoms with van der Waals surface area (Å²) in [7, 11) is -3.54. The summed E-state index contributed by atoms with van der Waals surface area (Å²) in [6.45, 7) is 2.91. The molecule has 0 bridgehead atoms. The number of sulfonamides is 1. The van der Waals surface area contributed by atoms with Crippen LogP contribution in [-0.2, 0) is 16.6 Å². The first-order valence-electron chi connectivity index (χ1n) is 13.2. The van der Waals surface area contributed by atoms with E-state index in [2.05, 4.69) is 53.4 Å². The molecule has 1 fully saturated rings. The highest BCUT2D eigenvalue weighted by atomic mass is 35.5. The van der Waals surface area contributed by atoms with Gasteiger partial charge in [0.1, 0.15) is 0 Å². The van der Waals surface area contributed by atoms with Crippen molar-refractivity contribution in [1.82, 2.24) is 9.80 Å². The van der Waals surface area contributed by atoms with E-state index >= 15 is 0 Å². The van der Waals surface area contributed by atoms with Crippen molar-refractivity contribution in [3.63, 3.8) is 0 Å². The Kier molecular flexibility index (Phi) is 8.54. The molecule has 40 heavy (non-hydrogen) atoms. The van der Waals surface area contributed by atoms with E-state index < -0.39 is 10.0 Å². The highest BCUT2D eigenvalue weighted by molar-refractivity contribution is 7.92. The fourth-order valence-corrected chi connectivity index (χ4v) is 6.19. The van der Waals surface area contributed by atoms with Gasteiger partial charge in [-0.05, 0) is 53.1 Å². The lowest BCUT2D eigenvalue weighted by Crippen LogP contribution is -2.49. The minimum absolute atomic E-state index is 0.0502. The average molecular weight is 574 g/mol. The highest BCUT2D eigenvalue weighted by Crippen LogP contribution is 2.30. The molecule has 1 aliphatic rings. The Balaban J connectivity index is 1.27. The average Bonchev–Trinajstić information content (AvgIpc) is 2.98. The molecule has 0 N–H and O–H groups in total. The van der Waals surface area contributed by atoms with Gasteiger partial charge in [-0.25, -0.2) is 8.42 Å². The van der Waals surface area contributed by atoms with Gasteiger partial charge in [-0.2, -0.15) is 0 Å². The number of hydrogen-bond donors (Lipinski definition) is 0. The van der Waals surface area contributed by atoms with Gasteiger partial charge in [-0.15, -0.1) is 0 Å². The second-order valence-electron chi connectivity index (χ2n) is 10.00. The van der Waals surface area contributed by atoms with E-state index in [1.54, 1.807) is 48.5 Å². The first-order valence-corrected chi connectivity index (χ1v) is 15.5. The standard InChI is InChI=1S/C32H32ClN3O3S/c1-40(38,39)36(24-25-12-16-29(33)17-13-25)30-18-14-28(15-19-30)32(37)35-22-20-34(21-23-35)31(26-8-4-2-5-9-26)27-10-6-3-7-11-27/h2-19,31H,20-24H2,1H3. The molecular formula is C32H32ClN3O3S. The minimum atomic E-state index is -3.54. The van der Waals surface area contributed by atoms with Gasteiger partial charge in [0, 0.05) is 36.8 Å². The van der Waals surface area contributed by atoms with Gasteiger partial charge < -0.3 is 4.90 Å². The molecule has 5 rings (SSSR count). The van der Waals surface area contributed by atoms with Crippen molar-refractivity contribution in [2.75, 3.05) is 36.7 Å². The third kappa shape index (κ3) is 6.55. The van der Waals surface area contributed by atoms with Gasteiger partial charge >= 0.3 is 0 Å². The second-order valence-corrected chi connectivity index (χ2v) is 12.3. The number of amides is 1. The molecule has 4 aromatic rings. The van der Waals surface area contributed by atoms with Crippen LogP contribution in [0.5, 0.6) is 0 Å². The lowest BCUT2D eigenvalue weighted by Gasteiger charge is -2.39. The molecule has 8 heteroatoms. The zero-order chi connectivity index (χ0) is 28.1. The van der Waals surface area contributed by atoms with Crippen LogP contribution in [0.4, 0.5) is 5.69 Å². The predicted octanol–water partition coefficient (Wildman–Crippen LogP) is 5.85. The first kappa shape index (κ1) is 27.9. The summed E-state index contributed by atoms with van der Waals surface area (Å²) in [4.78, 5) is 17.7. The summed E-state index contributed by atoms with van der Waals surface area (Å²) in [5, 5.41) is 0.592. The molecule has 0 saturated carbocycles. The molecule has 1 saturated heterocycles. The molecule has 0 aliphatic carbocycles. The monoisotopic (exact) mass is 573 g/mol. The molecule has 206 valence electrons. The zero-order valence-electron chi connectivity index (χ0n) is 22.4. The topological polar surface area (TPSA) is 60.9 Å². The van der Waals surface area contributed by atoms with Crippen molar-refractivity contribution < 1.29 is 13.2 Å². The van der Waals surface area contributed by atoms with Crippen LogP contribution < -0.4 is 4.31 Å². The quantitative estimate of drug-likeness (QED) is 0.265. The van der Waals surface area contributed by atoms with E-state index in [9.17, 15) is 13.2 Å². The summed E-state index contributed by atoms with van der Waals surface area (Å²) < 4.78 is 26.5. The van der Waals surface area contributed by atoms with Crippen LogP contribution in [0.2, 0.25) is 5.02 Å². The fraction of sp³-hybridized carbons (Fsp3) is 0.219. The Morgan fingerprint density at radius 1 is 0.775 bits per heavy atom. The predicted molar refractivity (Wildman–Crippen MR) is 161 cm³/mol. The Labute approximate surface area is 241 Å². The van der Waals surface area contributed by atoms with E-state index in [0.717, 1.165) is 18.7 Å². The molecule has 6 nitrogen and oxygen atoms in total. The van der Waals surface area contributed by atoms with Gasteiger partial charge in [0.15, 0.2) is 0 Å². The highest BCUT2D eigenvalue weighted by Gasteiger charge is 2.29.